The minimum Gasteiger partial charge on any atom is -0.391 e. The Hall–Kier alpha value is -1.76. The zero-order valence-electron chi connectivity index (χ0n) is 11.7. The fourth-order valence-corrected chi connectivity index (χ4v) is 1.81. The van der Waals surface area contributed by atoms with Gasteiger partial charge in [-0.1, -0.05) is 25.5 Å². The summed E-state index contributed by atoms with van der Waals surface area (Å²) in [6, 6.07) is 5.01. The summed E-state index contributed by atoms with van der Waals surface area (Å²) in [7, 11) is 0. The Morgan fingerprint density at radius 2 is 2.10 bits per heavy atom. The lowest BCUT2D eigenvalue weighted by Gasteiger charge is -2.12. The van der Waals surface area contributed by atoms with Crippen molar-refractivity contribution >= 4 is 11.7 Å². The zero-order valence-corrected chi connectivity index (χ0v) is 11.7. The number of aliphatic hydroxyl groups is 1. The zero-order chi connectivity index (χ0) is 15.9. The third-order valence-electron chi connectivity index (χ3n) is 2.71. The summed E-state index contributed by atoms with van der Waals surface area (Å²) in [6.45, 7) is 2.01. The number of benzene rings is 1. The number of hydrogen-bond acceptors (Lipinski definition) is 2. The molecular formula is C14H19F3N2O2. The molecule has 0 saturated carbocycles. The molecule has 0 radical (unpaired) electrons. The van der Waals surface area contributed by atoms with Crippen LogP contribution < -0.4 is 10.6 Å². The van der Waals surface area contributed by atoms with Gasteiger partial charge in [-0.2, -0.15) is 13.2 Å². The van der Waals surface area contributed by atoms with E-state index in [0.717, 1.165) is 6.42 Å². The quantitative estimate of drug-likeness (QED) is 0.756. The highest BCUT2D eigenvalue weighted by atomic mass is 19.4. The predicted molar refractivity (Wildman–Crippen MR) is 74.1 cm³/mol. The van der Waals surface area contributed by atoms with E-state index in [4.69, 9.17) is 0 Å². The van der Waals surface area contributed by atoms with E-state index in [9.17, 15) is 23.1 Å². The maximum absolute atomic E-state index is 12.3. The third-order valence-corrected chi connectivity index (χ3v) is 2.71. The normalized spacial score (nSPS) is 12.8. The van der Waals surface area contributed by atoms with Crippen LogP contribution in [0.15, 0.2) is 24.3 Å². The van der Waals surface area contributed by atoms with Crippen molar-refractivity contribution in [1.82, 2.24) is 5.32 Å². The van der Waals surface area contributed by atoms with Crippen molar-refractivity contribution in [2.24, 2.45) is 0 Å². The molecular weight excluding hydrogens is 285 g/mol. The number of alkyl halides is 3. The maximum atomic E-state index is 12.3. The van der Waals surface area contributed by atoms with E-state index < -0.39 is 24.7 Å². The summed E-state index contributed by atoms with van der Waals surface area (Å²) in [5.74, 6) is 0. The number of nitrogens with one attached hydrogen (secondary N) is 2. The Balaban J connectivity index is 2.51. The monoisotopic (exact) mass is 304 g/mol. The molecule has 1 aromatic rings. The van der Waals surface area contributed by atoms with Crippen LogP contribution in [0, 0.1) is 0 Å². The van der Waals surface area contributed by atoms with Crippen molar-refractivity contribution in [2.45, 2.75) is 38.5 Å². The van der Waals surface area contributed by atoms with Gasteiger partial charge in [0.1, 0.15) is 0 Å². The van der Waals surface area contributed by atoms with E-state index in [1.165, 1.54) is 24.3 Å². The van der Waals surface area contributed by atoms with Crippen molar-refractivity contribution in [1.29, 1.82) is 0 Å². The van der Waals surface area contributed by atoms with Gasteiger partial charge in [0.2, 0.25) is 0 Å². The maximum Gasteiger partial charge on any atom is 0.393 e. The number of hydrogen-bond donors (Lipinski definition) is 3. The second-order valence-electron chi connectivity index (χ2n) is 4.77. The first-order valence-electron chi connectivity index (χ1n) is 6.68. The van der Waals surface area contributed by atoms with Crippen molar-refractivity contribution < 1.29 is 23.1 Å². The minimum absolute atomic E-state index is 0.0753. The summed E-state index contributed by atoms with van der Waals surface area (Å²) >= 11 is 0. The van der Waals surface area contributed by atoms with Crippen LogP contribution >= 0.6 is 0 Å². The van der Waals surface area contributed by atoms with Gasteiger partial charge in [-0.3, -0.25) is 0 Å². The standard InChI is InChI=1S/C14H19F3N2O2/c1-2-4-12(20)9-18-13(21)19-11-6-3-5-10(7-11)8-14(15,16)17/h3,5-7,12,20H,2,4,8-9H2,1H3,(H2,18,19,21). The Morgan fingerprint density at radius 1 is 1.38 bits per heavy atom. The highest BCUT2D eigenvalue weighted by Gasteiger charge is 2.27. The predicted octanol–water partition coefficient (Wildman–Crippen LogP) is 3.07. The van der Waals surface area contributed by atoms with Crippen LogP contribution in [0.2, 0.25) is 0 Å². The lowest BCUT2D eigenvalue weighted by molar-refractivity contribution is -0.127. The number of carbonyl (C=O) groups excluding carboxylic acids is 1. The molecule has 0 bridgehead atoms. The van der Waals surface area contributed by atoms with Gasteiger partial charge < -0.3 is 15.7 Å². The molecule has 0 aliphatic carbocycles. The minimum atomic E-state index is -4.29. The number of amides is 2. The number of anilines is 1. The summed E-state index contributed by atoms with van der Waals surface area (Å²) < 4.78 is 36.9. The molecule has 1 unspecified atom stereocenters. The molecule has 0 spiro atoms. The molecule has 0 heterocycles. The number of rotatable bonds is 6. The van der Waals surface area contributed by atoms with Crippen molar-refractivity contribution in [3.05, 3.63) is 29.8 Å². The van der Waals surface area contributed by atoms with Crippen LogP contribution in [0.5, 0.6) is 0 Å². The van der Waals surface area contributed by atoms with Gasteiger partial charge in [-0.15, -0.1) is 0 Å². The van der Waals surface area contributed by atoms with E-state index in [2.05, 4.69) is 10.6 Å². The average molecular weight is 304 g/mol. The van der Waals surface area contributed by atoms with Gasteiger partial charge in [0, 0.05) is 12.2 Å². The summed E-state index contributed by atoms with van der Waals surface area (Å²) in [6.07, 6.45) is -4.59. The Kier molecular flexibility index (Phi) is 6.48. The Morgan fingerprint density at radius 3 is 2.71 bits per heavy atom. The molecule has 7 heteroatoms. The first kappa shape index (κ1) is 17.3. The van der Waals surface area contributed by atoms with Crippen LogP contribution in [-0.2, 0) is 6.42 Å². The smallest absolute Gasteiger partial charge is 0.391 e. The van der Waals surface area contributed by atoms with Gasteiger partial charge in [-0.05, 0) is 24.1 Å². The molecule has 1 aromatic carbocycles. The molecule has 0 aliphatic rings. The number of urea groups is 1. The molecule has 3 N–H and O–H groups in total. The molecule has 2 amide bonds. The molecule has 0 aromatic heterocycles. The van der Waals surface area contributed by atoms with Gasteiger partial charge >= 0.3 is 12.2 Å². The fraction of sp³-hybridized carbons (Fsp3) is 0.500. The van der Waals surface area contributed by atoms with Crippen molar-refractivity contribution in [2.75, 3.05) is 11.9 Å². The van der Waals surface area contributed by atoms with Gasteiger partial charge in [0.25, 0.3) is 0 Å². The van der Waals surface area contributed by atoms with Crippen LogP contribution in [-0.4, -0.2) is 30.0 Å². The average Bonchev–Trinajstić information content (AvgIpc) is 2.35. The first-order chi connectivity index (χ1) is 9.80. The fourth-order valence-electron chi connectivity index (χ4n) is 1.81. The van der Waals surface area contributed by atoms with E-state index >= 15 is 0 Å². The van der Waals surface area contributed by atoms with Crippen LogP contribution in [0.3, 0.4) is 0 Å². The van der Waals surface area contributed by atoms with Gasteiger partial charge in [0.05, 0.1) is 12.5 Å². The van der Waals surface area contributed by atoms with Gasteiger partial charge in [-0.25, -0.2) is 4.79 Å². The molecule has 0 fully saturated rings. The van der Waals surface area contributed by atoms with Crippen molar-refractivity contribution in [3.63, 3.8) is 0 Å². The molecule has 118 valence electrons. The van der Waals surface area contributed by atoms with E-state index in [1.807, 2.05) is 6.92 Å². The number of halogens is 3. The molecule has 1 rings (SSSR count). The van der Waals surface area contributed by atoms with E-state index in [1.54, 1.807) is 0 Å². The Bertz CT molecular complexity index is 464. The number of aliphatic hydroxyl groups excluding tert-OH is 1. The second kappa shape index (κ2) is 7.87. The third kappa shape index (κ3) is 7.55. The van der Waals surface area contributed by atoms with Crippen LogP contribution in [0.1, 0.15) is 25.3 Å². The second-order valence-corrected chi connectivity index (χ2v) is 4.77. The Labute approximate surface area is 121 Å². The van der Waals surface area contributed by atoms with E-state index in [0.29, 0.717) is 6.42 Å². The lowest BCUT2D eigenvalue weighted by Crippen LogP contribution is -2.35. The van der Waals surface area contributed by atoms with Crippen molar-refractivity contribution in [3.8, 4) is 0 Å². The molecule has 0 aliphatic heterocycles. The molecule has 0 saturated heterocycles. The van der Waals surface area contributed by atoms with Gasteiger partial charge in [0.15, 0.2) is 0 Å². The highest BCUT2D eigenvalue weighted by molar-refractivity contribution is 5.89. The first-order valence-corrected chi connectivity index (χ1v) is 6.68. The van der Waals surface area contributed by atoms with Crippen LogP contribution in [0.25, 0.3) is 0 Å². The lowest BCUT2D eigenvalue weighted by atomic mass is 10.1. The topological polar surface area (TPSA) is 61.4 Å². The summed E-state index contributed by atoms with van der Waals surface area (Å²) in [5.41, 5.74) is 0.352. The molecule has 1 atom stereocenters. The molecule has 4 nitrogen and oxygen atoms in total. The highest BCUT2D eigenvalue weighted by Crippen LogP contribution is 2.22. The number of carbonyl (C=O) groups is 1. The SMILES string of the molecule is CCCC(O)CNC(=O)Nc1cccc(CC(F)(F)F)c1. The summed E-state index contributed by atoms with van der Waals surface area (Å²) in [4.78, 5) is 11.6. The summed E-state index contributed by atoms with van der Waals surface area (Å²) in [5, 5.41) is 14.4. The van der Waals surface area contributed by atoms with E-state index in [-0.39, 0.29) is 17.8 Å². The van der Waals surface area contributed by atoms with Crippen LogP contribution in [0.4, 0.5) is 23.7 Å². The molecule has 21 heavy (non-hydrogen) atoms. The largest absolute Gasteiger partial charge is 0.393 e.